The van der Waals surface area contributed by atoms with Crippen molar-refractivity contribution in [1.82, 2.24) is 20.4 Å². The SMILES string of the molecule is CCNC(=NCC(O)c1ccc(OC(C)C)cc1)NCCc1ccc(-n2cccn2)cc1. The third-order valence-electron chi connectivity index (χ3n) is 4.81. The molecule has 3 aromatic rings. The zero-order valence-corrected chi connectivity index (χ0v) is 19.0. The Morgan fingerprint density at radius 3 is 2.47 bits per heavy atom. The monoisotopic (exact) mass is 435 g/mol. The average Bonchev–Trinajstić information content (AvgIpc) is 3.33. The molecule has 0 radical (unpaired) electrons. The second-order valence-electron chi connectivity index (χ2n) is 7.76. The molecule has 0 fully saturated rings. The van der Waals surface area contributed by atoms with Gasteiger partial charge in [-0.05, 0) is 68.7 Å². The third-order valence-corrected chi connectivity index (χ3v) is 4.81. The van der Waals surface area contributed by atoms with Gasteiger partial charge in [-0.2, -0.15) is 5.10 Å². The zero-order chi connectivity index (χ0) is 22.8. The van der Waals surface area contributed by atoms with Gasteiger partial charge in [0.25, 0.3) is 0 Å². The number of aliphatic hydroxyl groups excluding tert-OH is 1. The molecule has 3 N–H and O–H groups in total. The summed E-state index contributed by atoms with van der Waals surface area (Å²) in [5.74, 6) is 1.49. The van der Waals surface area contributed by atoms with Crippen molar-refractivity contribution in [2.45, 2.75) is 39.4 Å². The molecule has 0 bridgehead atoms. The fourth-order valence-corrected chi connectivity index (χ4v) is 3.23. The Morgan fingerprint density at radius 2 is 1.84 bits per heavy atom. The van der Waals surface area contributed by atoms with Crippen LogP contribution < -0.4 is 15.4 Å². The molecule has 0 saturated heterocycles. The van der Waals surface area contributed by atoms with Crippen molar-refractivity contribution in [3.05, 3.63) is 78.1 Å². The van der Waals surface area contributed by atoms with Crippen LogP contribution >= 0.6 is 0 Å². The number of nitrogens with zero attached hydrogens (tertiary/aromatic N) is 3. The molecule has 0 aliphatic carbocycles. The van der Waals surface area contributed by atoms with E-state index in [4.69, 9.17) is 4.74 Å². The summed E-state index contributed by atoms with van der Waals surface area (Å²) < 4.78 is 7.49. The smallest absolute Gasteiger partial charge is 0.191 e. The number of hydrogen-bond acceptors (Lipinski definition) is 4. The summed E-state index contributed by atoms with van der Waals surface area (Å²) in [6.45, 7) is 7.77. The first-order chi connectivity index (χ1) is 15.5. The normalized spacial score (nSPS) is 12.6. The molecular formula is C25H33N5O2. The number of guanidine groups is 1. The minimum atomic E-state index is -0.673. The van der Waals surface area contributed by atoms with Gasteiger partial charge >= 0.3 is 0 Å². The molecule has 0 saturated carbocycles. The van der Waals surface area contributed by atoms with Crippen LogP contribution in [0.5, 0.6) is 5.75 Å². The fourth-order valence-electron chi connectivity index (χ4n) is 3.23. The van der Waals surface area contributed by atoms with E-state index in [1.807, 2.05) is 62.0 Å². The van der Waals surface area contributed by atoms with Crippen LogP contribution in [0, 0.1) is 0 Å². The van der Waals surface area contributed by atoms with Gasteiger partial charge in [0.05, 0.1) is 24.4 Å². The Labute approximate surface area is 190 Å². The van der Waals surface area contributed by atoms with Crippen LogP contribution in [0.1, 0.15) is 38.0 Å². The molecule has 1 atom stereocenters. The van der Waals surface area contributed by atoms with Crippen molar-refractivity contribution in [2.75, 3.05) is 19.6 Å². The second kappa shape index (κ2) is 11.9. The lowest BCUT2D eigenvalue weighted by Crippen LogP contribution is -2.38. The number of ether oxygens (including phenoxy) is 1. The van der Waals surface area contributed by atoms with Crippen LogP contribution in [0.2, 0.25) is 0 Å². The lowest BCUT2D eigenvalue weighted by Gasteiger charge is -2.14. The van der Waals surface area contributed by atoms with E-state index in [1.54, 1.807) is 6.20 Å². The van der Waals surface area contributed by atoms with E-state index < -0.39 is 6.10 Å². The van der Waals surface area contributed by atoms with Gasteiger partial charge in [0.2, 0.25) is 0 Å². The van der Waals surface area contributed by atoms with Gasteiger partial charge in [-0.15, -0.1) is 0 Å². The maximum Gasteiger partial charge on any atom is 0.191 e. The summed E-state index contributed by atoms with van der Waals surface area (Å²) in [5, 5.41) is 21.3. The Balaban J connectivity index is 1.49. The number of aliphatic hydroxyl groups is 1. The number of aromatic nitrogens is 2. The van der Waals surface area contributed by atoms with Crippen molar-refractivity contribution in [2.24, 2.45) is 4.99 Å². The van der Waals surface area contributed by atoms with Crippen molar-refractivity contribution in [3.8, 4) is 11.4 Å². The third kappa shape index (κ3) is 7.13. The van der Waals surface area contributed by atoms with Crippen molar-refractivity contribution >= 4 is 5.96 Å². The van der Waals surface area contributed by atoms with Crippen molar-refractivity contribution < 1.29 is 9.84 Å². The maximum absolute atomic E-state index is 10.5. The van der Waals surface area contributed by atoms with E-state index in [0.717, 1.165) is 36.5 Å². The molecule has 3 rings (SSSR count). The summed E-state index contributed by atoms with van der Waals surface area (Å²) in [6, 6.07) is 17.8. The van der Waals surface area contributed by atoms with E-state index in [0.29, 0.717) is 5.96 Å². The van der Waals surface area contributed by atoms with Gasteiger partial charge in [0.15, 0.2) is 5.96 Å². The predicted molar refractivity (Wildman–Crippen MR) is 128 cm³/mol. The molecule has 0 aliphatic heterocycles. The Kier molecular flexibility index (Phi) is 8.69. The highest BCUT2D eigenvalue weighted by molar-refractivity contribution is 5.79. The topological polar surface area (TPSA) is 83.7 Å². The quantitative estimate of drug-likeness (QED) is 0.335. The minimum Gasteiger partial charge on any atom is -0.491 e. The molecule has 0 aliphatic rings. The number of benzene rings is 2. The largest absolute Gasteiger partial charge is 0.491 e. The Hall–Kier alpha value is -3.32. The van der Waals surface area contributed by atoms with Crippen molar-refractivity contribution in [1.29, 1.82) is 0 Å². The molecule has 1 heterocycles. The zero-order valence-electron chi connectivity index (χ0n) is 19.0. The van der Waals surface area contributed by atoms with Crippen LogP contribution in [0.25, 0.3) is 5.69 Å². The lowest BCUT2D eigenvalue weighted by molar-refractivity contribution is 0.186. The standard InChI is InChI=1S/C25H33N5O2/c1-4-26-25(28-18-24(31)21-8-12-23(13-9-21)32-19(2)3)27-16-14-20-6-10-22(11-7-20)30-17-5-15-29-30/h5-13,15,17,19,24,31H,4,14,16,18H2,1-3H3,(H2,26,27,28). The molecule has 1 aromatic heterocycles. The molecule has 7 nitrogen and oxygen atoms in total. The Morgan fingerprint density at radius 1 is 1.09 bits per heavy atom. The van der Waals surface area contributed by atoms with E-state index in [9.17, 15) is 5.11 Å². The summed E-state index contributed by atoms with van der Waals surface area (Å²) in [6.07, 6.45) is 4.01. The summed E-state index contributed by atoms with van der Waals surface area (Å²) in [7, 11) is 0. The molecule has 7 heteroatoms. The molecule has 170 valence electrons. The molecule has 1 unspecified atom stereocenters. The van der Waals surface area contributed by atoms with Gasteiger partial charge in [-0.3, -0.25) is 4.99 Å². The summed E-state index contributed by atoms with van der Waals surface area (Å²) in [5.41, 5.74) is 3.09. The van der Waals surface area contributed by atoms with E-state index >= 15 is 0 Å². The fraction of sp³-hybridized carbons (Fsp3) is 0.360. The molecule has 32 heavy (non-hydrogen) atoms. The van der Waals surface area contributed by atoms with Crippen LogP contribution in [0.4, 0.5) is 0 Å². The molecular weight excluding hydrogens is 402 g/mol. The Bertz CT molecular complexity index is 951. The number of hydrogen-bond donors (Lipinski definition) is 3. The number of nitrogens with one attached hydrogen (secondary N) is 2. The highest BCUT2D eigenvalue weighted by atomic mass is 16.5. The van der Waals surface area contributed by atoms with E-state index in [2.05, 4.69) is 45.0 Å². The van der Waals surface area contributed by atoms with Crippen molar-refractivity contribution in [3.63, 3.8) is 0 Å². The highest BCUT2D eigenvalue weighted by Crippen LogP contribution is 2.19. The van der Waals surface area contributed by atoms with Crippen LogP contribution in [0.15, 0.2) is 72.0 Å². The predicted octanol–water partition coefficient (Wildman–Crippen LogP) is 3.49. The van der Waals surface area contributed by atoms with Crippen LogP contribution in [-0.2, 0) is 6.42 Å². The van der Waals surface area contributed by atoms with Gasteiger partial charge in [0, 0.05) is 25.5 Å². The minimum absolute atomic E-state index is 0.124. The maximum atomic E-state index is 10.5. The average molecular weight is 436 g/mol. The molecule has 0 spiro atoms. The van der Waals surface area contributed by atoms with Gasteiger partial charge in [-0.1, -0.05) is 24.3 Å². The summed E-state index contributed by atoms with van der Waals surface area (Å²) in [4.78, 5) is 4.54. The summed E-state index contributed by atoms with van der Waals surface area (Å²) >= 11 is 0. The first kappa shape index (κ1) is 23.3. The lowest BCUT2D eigenvalue weighted by atomic mass is 10.1. The van der Waals surface area contributed by atoms with E-state index in [-0.39, 0.29) is 12.6 Å². The first-order valence-corrected chi connectivity index (χ1v) is 11.1. The number of aliphatic imine (C=N–C) groups is 1. The first-order valence-electron chi connectivity index (χ1n) is 11.1. The molecule has 2 aromatic carbocycles. The van der Waals surface area contributed by atoms with E-state index in [1.165, 1.54) is 5.56 Å². The second-order valence-corrected chi connectivity index (χ2v) is 7.76. The van der Waals surface area contributed by atoms with Gasteiger partial charge in [-0.25, -0.2) is 4.68 Å². The van der Waals surface area contributed by atoms with Crippen LogP contribution in [-0.4, -0.2) is 46.6 Å². The highest BCUT2D eigenvalue weighted by Gasteiger charge is 2.08. The molecule has 0 amide bonds. The van der Waals surface area contributed by atoms with Gasteiger partial charge < -0.3 is 20.5 Å². The van der Waals surface area contributed by atoms with Crippen LogP contribution in [0.3, 0.4) is 0 Å². The van der Waals surface area contributed by atoms with Gasteiger partial charge in [0.1, 0.15) is 5.75 Å². The number of rotatable bonds is 10.